The molecule has 0 aromatic rings. The highest BCUT2D eigenvalue weighted by Crippen LogP contribution is 2.39. The predicted molar refractivity (Wildman–Crippen MR) is 106 cm³/mol. The maximum Gasteiger partial charge on any atom is 0.147 e. The predicted octanol–water partition coefficient (Wildman–Crippen LogP) is 2.09. The third-order valence-corrected chi connectivity index (χ3v) is 6.57. The number of carbonyl (C=O) groups excluding carboxylic acids is 1. The molecule has 4 rings (SSSR count). The van der Waals surface area contributed by atoms with Gasteiger partial charge in [0.15, 0.2) is 0 Å². The second kappa shape index (κ2) is 8.61. The molecule has 1 spiro atoms. The van der Waals surface area contributed by atoms with Gasteiger partial charge in [0.25, 0.3) is 0 Å². The lowest BCUT2D eigenvalue weighted by atomic mass is 9.76. The molecule has 3 heterocycles. The molecular formula is C19H30Cl2N2O3. The number of nitrogens with one attached hydrogen (secondary N) is 1. The maximum atomic E-state index is 12.5. The van der Waals surface area contributed by atoms with Gasteiger partial charge >= 0.3 is 0 Å². The fraction of sp³-hybridized carbons (Fsp3) is 0.737. The number of nitrogens with zero attached hydrogens (tertiary/aromatic N) is 1. The average Bonchev–Trinajstić information content (AvgIpc) is 3.19. The first kappa shape index (κ1) is 21.7. The number of ether oxygens (including phenoxy) is 1. The van der Waals surface area contributed by atoms with E-state index in [0.717, 1.165) is 42.9 Å². The molecule has 5 nitrogen and oxygen atoms in total. The standard InChI is InChI=1S/C19H28N2O3.2ClH/c1-13-15-11-24-10-14(15)8-16(22)18(13)17(23)9-21-6-3-19(4-7-21)2-5-20-12-19;;/h10,17-18,20,23H,2-9,11-12H2,1H3;2*1H/t17-,18?;;/m0../s1. The number of rotatable bonds is 3. The number of hydrogen-bond acceptors (Lipinski definition) is 5. The minimum absolute atomic E-state index is 0. The van der Waals surface area contributed by atoms with Gasteiger partial charge in [0.1, 0.15) is 12.4 Å². The number of β-amino-alcohol motifs (C(OH)–C–C–N with tert-alkyl or cyclic N) is 1. The van der Waals surface area contributed by atoms with E-state index in [2.05, 4.69) is 10.2 Å². The van der Waals surface area contributed by atoms with Crippen molar-refractivity contribution in [2.75, 3.05) is 39.3 Å². The van der Waals surface area contributed by atoms with E-state index in [1.807, 2.05) is 6.92 Å². The topological polar surface area (TPSA) is 61.8 Å². The Morgan fingerprint density at radius 1 is 1.35 bits per heavy atom. The molecule has 148 valence electrons. The first-order valence-electron chi connectivity index (χ1n) is 9.22. The van der Waals surface area contributed by atoms with E-state index >= 15 is 0 Å². The number of fused-ring (bicyclic) bond motifs is 1. The SMILES string of the molecule is CC1=C2COC=C2CC(=O)C1[C@@H](O)CN1CCC2(CCNC2)CC1.Cl.Cl. The van der Waals surface area contributed by atoms with Crippen LogP contribution in [0.5, 0.6) is 0 Å². The molecule has 7 heteroatoms. The minimum Gasteiger partial charge on any atom is -0.496 e. The van der Waals surface area contributed by atoms with Crippen LogP contribution in [0.1, 0.15) is 32.6 Å². The Labute approximate surface area is 168 Å². The van der Waals surface area contributed by atoms with Crippen molar-refractivity contribution in [3.05, 3.63) is 23.0 Å². The van der Waals surface area contributed by atoms with Gasteiger partial charge in [-0.25, -0.2) is 0 Å². The van der Waals surface area contributed by atoms with Crippen molar-refractivity contribution >= 4 is 30.6 Å². The fourth-order valence-electron chi connectivity index (χ4n) is 4.94. The van der Waals surface area contributed by atoms with Gasteiger partial charge in [-0.3, -0.25) is 4.79 Å². The summed E-state index contributed by atoms with van der Waals surface area (Å²) in [7, 11) is 0. The molecule has 2 atom stereocenters. The van der Waals surface area contributed by atoms with Gasteiger partial charge in [-0.2, -0.15) is 0 Å². The Morgan fingerprint density at radius 3 is 2.73 bits per heavy atom. The molecule has 2 saturated heterocycles. The Kier molecular flexibility index (Phi) is 7.19. The average molecular weight is 405 g/mol. The molecule has 0 aromatic carbocycles. The minimum atomic E-state index is -0.608. The maximum absolute atomic E-state index is 12.5. The van der Waals surface area contributed by atoms with E-state index in [1.165, 1.54) is 19.3 Å². The Hall–Kier alpha value is -0.590. The van der Waals surface area contributed by atoms with Crippen LogP contribution in [0.3, 0.4) is 0 Å². The van der Waals surface area contributed by atoms with Gasteiger partial charge in [-0.15, -0.1) is 24.8 Å². The molecule has 1 aliphatic carbocycles. The zero-order valence-electron chi connectivity index (χ0n) is 15.3. The Balaban J connectivity index is 0.00000121. The van der Waals surface area contributed by atoms with Crippen molar-refractivity contribution in [1.29, 1.82) is 0 Å². The lowest BCUT2D eigenvalue weighted by Gasteiger charge is -2.40. The quantitative estimate of drug-likeness (QED) is 0.753. The summed E-state index contributed by atoms with van der Waals surface area (Å²) in [5, 5.41) is 14.3. The normalized spacial score (nSPS) is 28.8. The summed E-state index contributed by atoms with van der Waals surface area (Å²) >= 11 is 0. The Morgan fingerprint density at radius 2 is 2.08 bits per heavy atom. The van der Waals surface area contributed by atoms with E-state index in [9.17, 15) is 9.90 Å². The van der Waals surface area contributed by atoms with Crippen LogP contribution >= 0.6 is 24.8 Å². The van der Waals surface area contributed by atoms with E-state index in [0.29, 0.717) is 25.0 Å². The third kappa shape index (κ3) is 3.97. The van der Waals surface area contributed by atoms with Crippen molar-refractivity contribution < 1.29 is 14.6 Å². The number of Topliss-reactive ketones (excluding diaryl/α,β-unsaturated/α-hetero) is 1. The molecule has 0 saturated carbocycles. The summed E-state index contributed by atoms with van der Waals surface area (Å²) in [6.45, 7) is 7.49. The summed E-state index contributed by atoms with van der Waals surface area (Å²) in [5.74, 6) is -0.225. The van der Waals surface area contributed by atoms with Crippen molar-refractivity contribution in [2.24, 2.45) is 11.3 Å². The summed E-state index contributed by atoms with van der Waals surface area (Å²) < 4.78 is 5.37. The number of ketones is 1. The molecule has 2 fully saturated rings. The van der Waals surface area contributed by atoms with Gasteiger partial charge in [-0.1, -0.05) is 5.57 Å². The second-order valence-corrected chi connectivity index (χ2v) is 8.03. The van der Waals surface area contributed by atoms with E-state index in [-0.39, 0.29) is 36.5 Å². The molecule has 0 amide bonds. The number of aliphatic hydroxyl groups is 1. The molecule has 26 heavy (non-hydrogen) atoms. The van der Waals surface area contributed by atoms with Gasteiger partial charge in [0.2, 0.25) is 0 Å². The number of carbonyl (C=O) groups is 1. The number of hydrogen-bond donors (Lipinski definition) is 2. The first-order chi connectivity index (χ1) is 11.6. The number of halogens is 2. The summed E-state index contributed by atoms with van der Waals surface area (Å²) in [5.41, 5.74) is 3.64. The molecule has 4 aliphatic rings. The molecule has 0 aromatic heterocycles. The number of aliphatic hydroxyl groups excluding tert-OH is 1. The first-order valence-corrected chi connectivity index (χ1v) is 9.22. The van der Waals surface area contributed by atoms with Crippen LogP contribution in [0, 0.1) is 11.3 Å². The van der Waals surface area contributed by atoms with Crippen molar-refractivity contribution in [1.82, 2.24) is 10.2 Å². The summed E-state index contributed by atoms with van der Waals surface area (Å²) in [4.78, 5) is 14.9. The van der Waals surface area contributed by atoms with Crippen LogP contribution in [0.15, 0.2) is 23.0 Å². The van der Waals surface area contributed by atoms with Crippen LogP contribution in [0.2, 0.25) is 0 Å². The zero-order valence-corrected chi connectivity index (χ0v) is 17.0. The molecule has 0 radical (unpaired) electrons. The molecule has 3 aliphatic heterocycles. The van der Waals surface area contributed by atoms with E-state index < -0.39 is 6.10 Å². The van der Waals surface area contributed by atoms with Gasteiger partial charge in [-0.05, 0) is 56.8 Å². The van der Waals surface area contributed by atoms with Crippen LogP contribution in [0.25, 0.3) is 0 Å². The van der Waals surface area contributed by atoms with E-state index in [4.69, 9.17) is 4.74 Å². The van der Waals surface area contributed by atoms with Crippen LogP contribution in [0.4, 0.5) is 0 Å². The second-order valence-electron chi connectivity index (χ2n) is 8.03. The molecule has 0 bridgehead atoms. The monoisotopic (exact) mass is 404 g/mol. The third-order valence-electron chi connectivity index (χ3n) is 6.57. The van der Waals surface area contributed by atoms with Crippen LogP contribution < -0.4 is 5.32 Å². The van der Waals surface area contributed by atoms with Crippen molar-refractivity contribution in [2.45, 2.75) is 38.7 Å². The van der Waals surface area contributed by atoms with Gasteiger partial charge in [0.05, 0.1) is 18.3 Å². The lowest BCUT2D eigenvalue weighted by molar-refractivity contribution is -0.125. The van der Waals surface area contributed by atoms with E-state index in [1.54, 1.807) is 6.26 Å². The zero-order chi connectivity index (χ0) is 16.7. The highest BCUT2D eigenvalue weighted by Gasteiger charge is 2.40. The van der Waals surface area contributed by atoms with Crippen molar-refractivity contribution in [3.63, 3.8) is 0 Å². The molecule has 2 N–H and O–H groups in total. The molecular weight excluding hydrogens is 375 g/mol. The highest BCUT2D eigenvalue weighted by molar-refractivity contribution is 5.90. The summed E-state index contributed by atoms with van der Waals surface area (Å²) in [6.07, 6.45) is 5.19. The Bertz CT molecular complexity index is 590. The van der Waals surface area contributed by atoms with Gasteiger partial charge in [0, 0.05) is 25.1 Å². The molecule has 1 unspecified atom stereocenters. The number of piperidine rings is 1. The van der Waals surface area contributed by atoms with Crippen LogP contribution in [-0.2, 0) is 9.53 Å². The highest BCUT2D eigenvalue weighted by atomic mass is 35.5. The van der Waals surface area contributed by atoms with Crippen molar-refractivity contribution in [3.8, 4) is 0 Å². The largest absolute Gasteiger partial charge is 0.496 e. The summed E-state index contributed by atoms with van der Waals surface area (Å²) in [6, 6.07) is 0. The lowest BCUT2D eigenvalue weighted by Crippen LogP contribution is -2.47. The fourth-order valence-corrected chi connectivity index (χ4v) is 4.94. The van der Waals surface area contributed by atoms with Crippen LogP contribution in [-0.4, -0.2) is 61.2 Å². The van der Waals surface area contributed by atoms with Gasteiger partial charge < -0.3 is 20.1 Å². The smallest absolute Gasteiger partial charge is 0.147 e. The number of likely N-dealkylation sites (tertiary alicyclic amines) is 1.